The first kappa shape index (κ1) is 11.6. The highest BCUT2D eigenvalue weighted by molar-refractivity contribution is 9.09. The fourth-order valence-corrected chi connectivity index (χ4v) is 1.58. The molecular weight excluding hydrogens is 240 g/mol. The van der Waals surface area contributed by atoms with E-state index in [-0.39, 0.29) is 0 Å². The van der Waals surface area contributed by atoms with Gasteiger partial charge in [0.05, 0.1) is 6.61 Å². The van der Waals surface area contributed by atoms with Crippen LogP contribution in [0.3, 0.4) is 0 Å². The highest BCUT2D eigenvalue weighted by Crippen LogP contribution is 2.20. The van der Waals surface area contributed by atoms with E-state index in [2.05, 4.69) is 41.9 Å². The number of rotatable bonds is 5. The Morgan fingerprint density at radius 1 is 1.29 bits per heavy atom. The van der Waals surface area contributed by atoms with Gasteiger partial charge in [-0.1, -0.05) is 41.9 Å². The summed E-state index contributed by atoms with van der Waals surface area (Å²) in [5.41, 5.74) is 1.35. The molecule has 1 unspecified atom stereocenters. The molecule has 0 fully saturated rings. The third-order valence-electron chi connectivity index (χ3n) is 2.15. The molecule has 78 valence electrons. The van der Waals surface area contributed by atoms with Crippen LogP contribution in [0.4, 0.5) is 0 Å². The second-order valence-corrected chi connectivity index (χ2v) is 4.12. The van der Waals surface area contributed by atoms with E-state index in [4.69, 9.17) is 4.74 Å². The largest absolute Gasteiger partial charge is 0.494 e. The van der Waals surface area contributed by atoms with Crippen LogP contribution in [0, 0.1) is 0 Å². The van der Waals surface area contributed by atoms with Crippen molar-refractivity contribution in [1.82, 2.24) is 0 Å². The van der Waals surface area contributed by atoms with Gasteiger partial charge in [0.2, 0.25) is 0 Å². The van der Waals surface area contributed by atoms with Crippen molar-refractivity contribution in [3.05, 3.63) is 29.8 Å². The quantitative estimate of drug-likeness (QED) is 0.725. The first-order chi connectivity index (χ1) is 6.77. The van der Waals surface area contributed by atoms with E-state index in [1.165, 1.54) is 5.56 Å². The van der Waals surface area contributed by atoms with Gasteiger partial charge in [0.25, 0.3) is 0 Å². The molecule has 0 aromatic heterocycles. The van der Waals surface area contributed by atoms with Crippen molar-refractivity contribution >= 4 is 15.9 Å². The first-order valence-electron chi connectivity index (χ1n) is 5.06. The average Bonchev–Trinajstić information content (AvgIpc) is 2.26. The van der Waals surface area contributed by atoms with E-state index in [1.807, 2.05) is 12.1 Å². The standard InChI is InChI=1S/C12H17BrO/c1-3-8-14-12-6-4-11(5-7-12)10(2)9-13/h4-7,10H,3,8-9H2,1-2H3. The lowest BCUT2D eigenvalue weighted by Gasteiger charge is -2.09. The molecule has 1 aromatic rings. The topological polar surface area (TPSA) is 9.23 Å². The molecule has 0 radical (unpaired) electrons. The summed E-state index contributed by atoms with van der Waals surface area (Å²) in [5.74, 6) is 1.53. The lowest BCUT2D eigenvalue weighted by Crippen LogP contribution is -1.97. The zero-order chi connectivity index (χ0) is 10.4. The Morgan fingerprint density at radius 3 is 2.43 bits per heavy atom. The molecule has 1 rings (SSSR count). The van der Waals surface area contributed by atoms with Gasteiger partial charge in [-0.05, 0) is 30.0 Å². The van der Waals surface area contributed by atoms with Crippen LogP contribution in [0.2, 0.25) is 0 Å². The summed E-state index contributed by atoms with van der Waals surface area (Å²) < 4.78 is 5.51. The Hall–Kier alpha value is -0.500. The van der Waals surface area contributed by atoms with Gasteiger partial charge in [0.15, 0.2) is 0 Å². The molecule has 0 N–H and O–H groups in total. The summed E-state index contributed by atoms with van der Waals surface area (Å²) in [6, 6.07) is 8.36. The van der Waals surface area contributed by atoms with Crippen LogP contribution < -0.4 is 4.74 Å². The lowest BCUT2D eigenvalue weighted by molar-refractivity contribution is 0.317. The Morgan fingerprint density at radius 2 is 1.93 bits per heavy atom. The maximum atomic E-state index is 5.51. The van der Waals surface area contributed by atoms with Crippen molar-refractivity contribution in [3.63, 3.8) is 0 Å². The van der Waals surface area contributed by atoms with Gasteiger partial charge in [0, 0.05) is 5.33 Å². The van der Waals surface area contributed by atoms with Crippen LogP contribution in [-0.2, 0) is 0 Å². The Labute approximate surface area is 94.6 Å². The molecule has 14 heavy (non-hydrogen) atoms. The monoisotopic (exact) mass is 256 g/mol. The molecule has 0 spiro atoms. The number of benzene rings is 1. The zero-order valence-electron chi connectivity index (χ0n) is 8.79. The van der Waals surface area contributed by atoms with E-state index in [1.54, 1.807) is 0 Å². The summed E-state index contributed by atoms with van der Waals surface area (Å²) in [7, 11) is 0. The van der Waals surface area contributed by atoms with Crippen LogP contribution in [0.15, 0.2) is 24.3 Å². The molecular formula is C12H17BrO. The molecule has 2 heteroatoms. The van der Waals surface area contributed by atoms with E-state index in [0.29, 0.717) is 5.92 Å². The second-order valence-electron chi connectivity index (χ2n) is 3.47. The highest BCUT2D eigenvalue weighted by Gasteiger charge is 2.02. The predicted molar refractivity (Wildman–Crippen MR) is 64.4 cm³/mol. The van der Waals surface area contributed by atoms with Crippen molar-refractivity contribution in [1.29, 1.82) is 0 Å². The van der Waals surface area contributed by atoms with Crippen LogP contribution in [0.5, 0.6) is 5.75 Å². The van der Waals surface area contributed by atoms with Gasteiger partial charge >= 0.3 is 0 Å². The van der Waals surface area contributed by atoms with Gasteiger partial charge in [-0.3, -0.25) is 0 Å². The fourth-order valence-electron chi connectivity index (χ4n) is 1.20. The molecule has 1 atom stereocenters. The number of ether oxygens (including phenoxy) is 1. The van der Waals surface area contributed by atoms with E-state index < -0.39 is 0 Å². The predicted octanol–water partition coefficient (Wildman–Crippen LogP) is 3.97. The van der Waals surface area contributed by atoms with E-state index >= 15 is 0 Å². The van der Waals surface area contributed by atoms with Crippen LogP contribution >= 0.6 is 15.9 Å². The van der Waals surface area contributed by atoms with Gasteiger partial charge in [-0.25, -0.2) is 0 Å². The molecule has 0 heterocycles. The lowest BCUT2D eigenvalue weighted by atomic mass is 10.0. The summed E-state index contributed by atoms with van der Waals surface area (Å²) >= 11 is 3.48. The second kappa shape index (κ2) is 6.07. The van der Waals surface area contributed by atoms with Crippen LogP contribution in [-0.4, -0.2) is 11.9 Å². The molecule has 1 aromatic carbocycles. The van der Waals surface area contributed by atoms with Crippen molar-refractivity contribution < 1.29 is 4.74 Å². The number of alkyl halides is 1. The normalized spacial score (nSPS) is 12.5. The summed E-state index contributed by atoms with van der Waals surface area (Å²) in [6.07, 6.45) is 1.06. The zero-order valence-corrected chi connectivity index (χ0v) is 10.4. The Balaban J connectivity index is 2.59. The minimum absolute atomic E-state index is 0.565. The summed E-state index contributed by atoms with van der Waals surface area (Å²) in [4.78, 5) is 0. The van der Waals surface area contributed by atoms with Crippen molar-refractivity contribution in [2.24, 2.45) is 0 Å². The first-order valence-corrected chi connectivity index (χ1v) is 6.18. The van der Waals surface area contributed by atoms with Gasteiger partial charge in [0.1, 0.15) is 5.75 Å². The molecule has 1 nitrogen and oxygen atoms in total. The molecule has 0 amide bonds. The Kier molecular flexibility index (Phi) is 5.02. The number of hydrogen-bond acceptors (Lipinski definition) is 1. The molecule has 0 aliphatic rings. The highest BCUT2D eigenvalue weighted by atomic mass is 79.9. The van der Waals surface area contributed by atoms with Crippen LogP contribution in [0.25, 0.3) is 0 Å². The molecule has 0 aliphatic carbocycles. The number of hydrogen-bond donors (Lipinski definition) is 0. The van der Waals surface area contributed by atoms with E-state index in [9.17, 15) is 0 Å². The maximum Gasteiger partial charge on any atom is 0.119 e. The van der Waals surface area contributed by atoms with E-state index in [0.717, 1.165) is 24.1 Å². The minimum Gasteiger partial charge on any atom is -0.494 e. The SMILES string of the molecule is CCCOc1ccc(C(C)CBr)cc1. The molecule has 0 aliphatic heterocycles. The van der Waals surface area contributed by atoms with Gasteiger partial charge in [-0.15, -0.1) is 0 Å². The fraction of sp³-hybridized carbons (Fsp3) is 0.500. The van der Waals surface area contributed by atoms with Crippen molar-refractivity contribution in [2.45, 2.75) is 26.2 Å². The van der Waals surface area contributed by atoms with Gasteiger partial charge in [-0.2, -0.15) is 0 Å². The Bertz CT molecular complexity index is 256. The van der Waals surface area contributed by atoms with Crippen molar-refractivity contribution in [3.8, 4) is 5.75 Å². The third kappa shape index (κ3) is 3.33. The third-order valence-corrected chi connectivity index (χ3v) is 3.12. The summed E-state index contributed by atoms with van der Waals surface area (Å²) in [5, 5.41) is 1.00. The smallest absolute Gasteiger partial charge is 0.119 e. The molecule has 0 saturated carbocycles. The minimum atomic E-state index is 0.565. The molecule has 0 bridgehead atoms. The van der Waals surface area contributed by atoms with Crippen molar-refractivity contribution in [2.75, 3.05) is 11.9 Å². The average molecular weight is 257 g/mol. The maximum absolute atomic E-state index is 5.51. The number of halogens is 1. The molecule has 0 saturated heterocycles. The van der Waals surface area contributed by atoms with Gasteiger partial charge < -0.3 is 4.74 Å². The van der Waals surface area contributed by atoms with Crippen LogP contribution in [0.1, 0.15) is 31.7 Å². The summed E-state index contributed by atoms with van der Waals surface area (Å²) in [6.45, 7) is 5.12.